The molecule has 2 aromatic heterocycles. The molecule has 2 N–H and O–H groups in total. The Hall–Kier alpha value is -2.82. The Labute approximate surface area is 127 Å². The summed E-state index contributed by atoms with van der Waals surface area (Å²) in [5, 5.41) is 0. The second kappa shape index (κ2) is 5.52. The Kier molecular flexibility index (Phi) is 3.55. The number of nitrogens with zero attached hydrogens (tertiary/aromatic N) is 2. The van der Waals surface area contributed by atoms with Crippen molar-refractivity contribution in [3.8, 4) is 17.0 Å². The number of nitrogens with two attached hydrogens (primary N) is 1. The van der Waals surface area contributed by atoms with E-state index in [4.69, 9.17) is 10.5 Å². The van der Waals surface area contributed by atoms with Gasteiger partial charge in [0.15, 0.2) is 0 Å². The minimum absolute atomic E-state index is 0.355. The lowest BCUT2D eigenvalue weighted by Gasteiger charge is -2.06. The van der Waals surface area contributed by atoms with Gasteiger partial charge in [-0.1, -0.05) is 6.58 Å². The molecule has 5 heteroatoms. The molecule has 112 valence electrons. The Morgan fingerprint density at radius 1 is 1.27 bits per heavy atom. The monoisotopic (exact) mass is 297 g/mol. The molecular weight excluding hydrogens is 281 g/mol. The SMILES string of the molecule is C=C(C)COc1ccc(-c2nc3ccc(F)cn3c2N)cc1. The second-order valence-electron chi connectivity index (χ2n) is 5.19. The number of nitrogen functional groups attached to an aromatic ring is 1. The average Bonchev–Trinajstić information content (AvgIpc) is 2.83. The fourth-order valence-electron chi connectivity index (χ4n) is 2.16. The van der Waals surface area contributed by atoms with Crippen molar-refractivity contribution in [2.45, 2.75) is 6.92 Å². The van der Waals surface area contributed by atoms with Gasteiger partial charge in [-0.2, -0.15) is 0 Å². The predicted octanol–water partition coefficient (Wildman–Crippen LogP) is 3.68. The lowest BCUT2D eigenvalue weighted by Crippen LogP contribution is -1.97. The third-order valence-electron chi connectivity index (χ3n) is 3.23. The zero-order chi connectivity index (χ0) is 15.7. The Bertz CT molecular complexity index is 837. The maximum Gasteiger partial charge on any atom is 0.140 e. The van der Waals surface area contributed by atoms with E-state index in [-0.39, 0.29) is 5.82 Å². The van der Waals surface area contributed by atoms with E-state index in [1.807, 2.05) is 31.2 Å². The number of halogens is 1. The molecule has 0 amide bonds. The topological polar surface area (TPSA) is 52.5 Å². The summed E-state index contributed by atoms with van der Waals surface area (Å²) in [4.78, 5) is 4.44. The summed E-state index contributed by atoms with van der Waals surface area (Å²) in [7, 11) is 0. The molecule has 3 rings (SSSR count). The van der Waals surface area contributed by atoms with Gasteiger partial charge in [0, 0.05) is 11.8 Å². The molecule has 0 aliphatic rings. The molecule has 2 heterocycles. The van der Waals surface area contributed by atoms with Gasteiger partial charge in [-0.05, 0) is 48.9 Å². The summed E-state index contributed by atoms with van der Waals surface area (Å²) in [5.74, 6) is 0.803. The number of hydrogen-bond donors (Lipinski definition) is 1. The number of pyridine rings is 1. The molecule has 0 saturated carbocycles. The fourth-order valence-corrected chi connectivity index (χ4v) is 2.16. The van der Waals surface area contributed by atoms with E-state index >= 15 is 0 Å². The van der Waals surface area contributed by atoms with Crippen molar-refractivity contribution < 1.29 is 9.13 Å². The number of rotatable bonds is 4. The third kappa shape index (κ3) is 2.65. The van der Waals surface area contributed by atoms with Gasteiger partial charge in [-0.3, -0.25) is 4.40 Å². The first-order valence-corrected chi connectivity index (χ1v) is 6.85. The van der Waals surface area contributed by atoms with Crippen LogP contribution < -0.4 is 10.5 Å². The first-order valence-electron chi connectivity index (χ1n) is 6.85. The van der Waals surface area contributed by atoms with Gasteiger partial charge in [0.2, 0.25) is 0 Å². The van der Waals surface area contributed by atoms with Crippen molar-refractivity contribution in [1.29, 1.82) is 0 Å². The van der Waals surface area contributed by atoms with Crippen molar-refractivity contribution in [2.24, 2.45) is 0 Å². The molecule has 0 unspecified atom stereocenters. The lowest BCUT2D eigenvalue weighted by atomic mass is 10.1. The summed E-state index contributed by atoms with van der Waals surface area (Å²) >= 11 is 0. The summed E-state index contributed by atoms with van der Waals surface area (Å²) in [6, 6.07) is 10.4. The van der Waals surface area contributed by atoms with E-state index in [0.29, 0.717) is 23.8 Å². The normalized spacial score (nSPS) is 10.8. The lowest BCUT2D eigenvalue weighted by molar-refractivity contribution is 0.353. The predicted molar refractivity (Wildman–Crippen MR) is 85.3 cm³/mol. The second-order valence-corrected chi connectivity index (χ2v) is 5.19. The van der Waals surface area contributed by atoms with Crippen LogP contribution in [0, 0.1) is 5.82 Å². The number of benzene rings is 1. The van der Waals surface area contributed by atoms with Crippen LogP contribution in [0.15, 0.2) is 54.7 Å². The van der Waals surface area contributed by atoms with Crippen molar-refractivity contribution >= 4 is 11.5 Å². The van der Waals surface area contributed by atoms with Crippen LogP contribution in [-0.2, 0) is 0 Å². The Balaban J connectivity index is 1.94. The largest absolute Gasteiger partial charge is 0.489 e. The quantitative estimate of drug-likeness (QED) is 0.747. The summed E-state index contributed by atoms with van der Waals surface area (Å²) in [5.41, 5.74) is 9.10. The highest BCUT2D eigenvalue weighted by Crippen LogP contribution is 2.28. The minimum Gasteiger partial charge on any atom is -0.489 e. The molecule has 0 aliphatic carbocycles. The summed E-state index contributed by atoms with van der Waals surface area (Å²) < 4.78 is 20.4. The van der Waals surface area contributed by atoms with Gasteiger partial charge in [0.1, 0.15) is 35.3 Å². The number of hydrogen-bond acceptors (Lipinski definition) is 3. The molecule has 4 nitrogen and oxygen atoms in total. The van der Waals surface area contributed by atoms with Crippen molar-refractivity contribution in [1.82, 2.24) is 9.38 Å². The number of fused-ring (bicyclic) bond motifs is 1. The molecule has 0 aliphatic heterocycles. The molecule has 0 atom stereocenters. The number of aromatic nitrogens is 2. The number of anilines is 1. The van der Waals surface area contributed by atoms with Crippen LogP contribution in [0.1, 0.15) is 6.92 Å². The number of imidazole rings is 1. The van der Waals surface area contributed by atoms with Crippen molar-refractivity contribution in [3.05, 3.63) is 60.6 Å². The first-order chi connectivity index (χ1) is 10.5. The van der Waals surface area contributed by atoms with E-state index in [1.165, 1.54) is 16.7 Å². The zero-order valence-corrected chi connectivity index (χ0v) is 12.2. The van der Waals surface area contributed by atoms with E-state index in [0.717, 1.165) is 16.9 Å². The Morgan fingerprint density at radius 3 is 2.68 bits per heavy atom. The van der Waals surface area contributed by atoms with Gasteiger partial charge in [-0.15, -0.1) is 0 Å². The summed E-state index contributed by atoms with van der Waals surface area (Å²) in [6.45, 7) is 6.18. The Morgan fingerprint density at radius 2 is 2.00 bits per heavy atom. The van der Waals surface area contributed by atoms with Crippen LogP contribution in [-0.4, -0.2) is 16.0 Å². The van der Waals surface area contributed by atoms with Crippen LogP contribution in [0.4, 0.5) is 10.2 Å². The third-order valence-corrected chi connectivity index (χ3v) is 3.23. The molecule has 0 bridgehead atoms. The van der Waals surface area contributed by atoms with Crippen molar-refractivity contribution in [3.63, 3.8) is 0 Å². The summed E-state index contributed by atoms with van der Waals surface area (Å²) in [6.07, 6.45) is 1.32. The molecule has 0 saturated heterocycles. The molecule has 1 aromatic carbocycles. The maximum atomic E-state index is 13.3. The van der Waals surface area contributed by atoms with Gasteiger partial charge in [0.25, 0.3) is 0 Å². The molecule has 22 heavy (non-hydrogen) atoms. The number of ether oxygens (including phenoxy) is 1. The molecule has 0 radical (unpaired) electrons. The first kappa shape index (κ1) is 14.1. The van der Waals surface area contributed by atoms with E-state index in [9.17, 15) is 4.39 Å². The standard InChI is InChI=1S/C17H16FN3O/c1-11(2)10-22-14-6-3-12(4-7-14)16-17(19)21-9-13(18)5-8-15(21)20-16/h3-9H,1,10,19H2,2H3. The van der Waals surface area contributed by atoms with Gasteiger partial charge >= 0.3 is 0 Å². The van der Waals surface area contributed by atoms with Crippen LogP contribution >= 0.6 is 0 Å². The van der Waals surface area contributed by atoms with E-state index in [2.05, 4.69) is 11.6 Å². The zero-order valence-electron chi connectivity index (χ0n) is 12.2. The van der Waals surface area contributed by atoms with Crippen molar-refractivity contribution in [2.75, 3.05) is 12.3 Å². The van der Waals surface area contributed by atoms with Crippen LogP contribution in [0.25, 0.3) is 16.9 Å². The fraction of sp³-hybridized carbons (Fsp3) is 0.118. The van der Waals surface area contributed by atoms with E-state index in [1.54, 1.807) is 6.07 Å². The highest BCUT2D eigenvalue weighted by Gasteiger charge is 2.11. The molecule has 3 aromatic rings. The molecular formula is C17H16FN3O. The smallest absolute Gasteiger partial charge is 0.140 e. The van der Waals surface area contributed by atoms with Crippen LogP contribution in [0.5, 0.6) is 5.75 Å². The highest BCUT2D eigenvalue weighted by atomic mass is 19.1. The van der Waals surface area contributed by atoms with Crippen LogP contribution in [0.3, 0.4) is 0 Å². The van der Waals surface area contributed by atoms with E-state index < -0.39 is 0 Å². The molecule has 0 spiro atoms. The van der Waals surface area contributed by atoms with Gasteiger partial charge in [-0.25, -0.2) is 9.37 Å². The average molecular weight is 297 g/mol. The van der Waals surface area contributed by atoms with Crippen LogP contribution in [0.2, 0.25) is 0 Å². The van der Waals surface area contributed by atoms with Gasteiger partial charge < -0.3 is 10.5 Å². The highest BCUT2D eigenvalue weighted by molar-refractivity contribution is 5.75. The van der Waals surface area contributed by atoms with Gasteiger partial charge in [0.05, 0.1) is 0 Å². The molecule has 0 fully saturated rings. The maximum absolute atomic E-state index is 13.3. The minimum atomic E-state index is -0.355.